The van der Waals surface area contributed by atoms with E-state index in [1.54, 1.807) is 0 Å². The van der Waals surface area contributed by atoms with Crippen molar-refractivity contribution in [2.45, 2.75) is 6.42 Å². The van der Waals surface area contributed by atoms with Crippen LogP contribution in [-0.2, 0) is 6.42 Å². The number of fused-ring (bicyclic) bond motifs is 1. The van der Waals surface area contributed by atoms with Crippen molar-refractivity contribution in [1.29, 1.82) is 0 Å². The molecule has 0 unspecified atom stereocenters. The quantitative estimate of drug-likeness (QED) is 0.741. The minimum atomic E-state index is -0.196. The highest BCUT2D eigenvalue weighted by atomic mass is 35.5. The van der Waals surface area contributed by atoms with Gasteiger partial charge in [0.25, 0.3) is 5.91 Å². The van der Waals surface area contributed by atoms with Crippen LogP contribution in [0.4, 0.5) is 4.39 Å². The zero-order chi connectivity index (χ0) is 17.9. The first-order chi connectivity index (χ1) is 12.7. The number of H-pyrrole nitrogens is 1. The van der Waals surface area contributed by atoms with Gasteiger partial charge in [-0.2, -0.15) is 0 Å². The summed E-state index contributed by atoms with van der Waals surface area (Å²) in [4.78, 5) is 20.2. The highest BCUT2D eigenvalue weighted by Crippen LogP contribution is 2.16. The van der Waals surface area contributed by atoms with E-state index in [2.05, 4.69) is 9.88 Å². The van der Waals surface area contributed by atoms with E-state index >= 15 is 0 Å². The van der Waals surface area contributed by atoms with E-state index in [1.165, 1.54) is 12.1 Å². The lowest BCUT2D eigenvalue weighted by Gasteiger charge is -2.34. The highest BCUT2D eigenvalue weighted by Gasteiger charge is 2.22. The van der Waals surface area contributed by atoms with E-state index in [0.29, 0.717) is 0 Å². The van der Waals surface area contributed by atoms with Gasteiger partial charge in [0.05, 0.1) is 0 Å². The Balaban J connectivity index is 0.00000210. The van der Waals surface area contributed by atoms with Gasteiger partial charge in [-0.25, -0.2) is 4.39 Å². The van der Waals surface area contributed by atoms with E-state index in [0.717, 1.165) is 61.2 Å². The molecule has 0 saturated carbocycles. The number of halogens is 2. The molecule has 3 aromatic rings. The first kappa shape index (κ1) is 19.4. The Labute approximate surface area is 164 Å². The maximum atomic E-state index is 13.0. The molecule has 2 heterocycles. The molecular weight excluding hydrogens is 365 g/mol. The summed E-state index contributed by atoms with van der Waals surface area (Å²) < 4.78 is 13.0. The second-order valence-corrected chi connectivity index (χ2v) is 6.79. The number of nitrogens with zero attached hydrogens (tertiary/aromatic N) is 2. The van der Waals surface area contributed by atoms with Crippen LogP contribution in [0, 0.1) is 5.82 Å². The molecular formula is C21H23ClFN3O. The standard InChI is InChI=1S/C21H22FN3O.ClH/c22-19-5-1-16(2-6-19)8-10-24-11-13-25(14-12-24)21(26)18-4-3-17-7-9-23-20(17)15-18;/h1-7,9,15,23H,8,10-14H2;1H. The molecule has 1 amide bonds. The predicted molar refractivity (Wildman–Crippen MR) is 108 cm³/mol. The SMILES string of the molecule is Cl.O=C(c1ccc2cc[nH]c2c1)N1CCN(CCc2ccc(F)cc2)CC1. The smallest absolute Gasteiger partial charge is 0.254 e. The molecule has 0 aliphatic carbocycles. The van der Waals surface area contributed by atoms with Crippen molar-refractivity contribution < 1.29 is 9.18 Å². The molecule has 4 nitrogen and oxygen atoms in total. The van der Waals surface area contributed by atoms with Crippen molar-refractivity contribution >= 4 is 29.2 Å². The van der Waals surface area contributed by atoms with Crippen LogP contribution in [0.3, 0.4) is 0 Å². The van der Waals surface area contributed by atoms with E-state index in [9.17, 15) is 9.18 Å². The number of benzene rings is 2. The number of carbonyl (C=O) groups excluding carboxylic acids is 1. The Morgan fingerprint density at radius 1 is 1.00 bits per heavy atom. The summed E-state index contributed by atoms with van der Waals surface area (Å²) in [7, 11) is 0. The third-order valence-electron chi connectivity index (χ3n) is 5.09. The van der Waals surface area contributed by atoms with Gasteiger partial charge in [0.1, 0.15) is 5.82 Å². The van der Waals surface area contributed by atoms with Crippen LogP contribution in [0.15, 0.2) is 54.7 Å². The van der Waals surface area contributed by atoms with E-state index in [4.69, 9.17) is 0 Å². The zero-order valence-electron chi connectivity index (χ0n) is 15.0. The molecule has 6 heteroatoms. The van der Waals surface area contributed by atoms with Crippen LogP contribution < -0.4 is 0 Å². The molecule has 27 heavy (non-hydrogen) atoms. The third-order valence-corrected chi connectivity index (χ3v) is 5.09. The van der Waals surface area contributed by atoms with Crippen molar-refractivity contribution in [2.75, 3.05) is 32.7 Å². The van der Waals surface area contributed by atoms with Gasteiger partial charge in [-0.1, -0.05) is 18.2 Å². The second kappa shape index (κ2) is 8.55. The summed E-state index contributed by atoms with van der Waals surface area (Å²) in [5.74, 6) is -0.0990. The number of piperazine rings is 1. The Bertz CT molecular complexity index is 901. The minimum absolute atomic E-state index is 0. The van der Waals surface area contributed by atoms with E-state index in [-0.39, 0.29) is 24.1 Å². The summed E-state index contributed by atoms with van der Waals surface area (Å²) in [6.45, 7) is 4.16. The molecule has 0 spiro atoms. The largest absolute Gasteiger partial charge is 0.361 e. The van der Waals surface area contributed by atoms with E-state index < -0.39 is 0 Å². The Hall–Kier alpha value is -2.37. The highest BCUT2D eigenvalue weighted by molar-refractivity contribution is 5.98. The predicted octanol–water partition coefficient (Wildman–Crippen LogP) is 3.73. The number of aromatic nitrogens is 1. The lowest BCUT2D eigenvalue weighted by atomic mass is 10.1. The van der Waals surface area contributed by atoms with Crippen LogP contribution in [0.5, 0.6) is 0 Å². The van der Waals surface area contributed by atoms with Crippen LogP contribution in [-0.4, -0.2) is 53.4 Å². The number of rotatable bonds is 4. The number of nitrogens with one attached hydrogen (secondary N) is 1. The second-order valence-electron chi connectivity index (χ2n) is 6.79. The molecule has 4 rings (SSSR count). The molecule has 1 fully saturated rings. The van der Waals surface area contributed by atoms with Gasteiger partial charge < -0.3 is 9.88 Å². The van der Waals surface area contributed by atoms with Crippen LogP contribution in [0.1, 0.15) is 15.9 Å². The molecule has 0 atom stereocenters. The lowest BCUT2D eigenvalue weighted by molar-refractivity contribution is 0.0638. The van der Waals surface area contributed by atoms with Gasteiger partial charge in [0.2, 0.25) is 0 Å². The zero-order valence-corrected chi connectivity index (χ0v) is 15.8. The molecule has 1 saturated heterocycles. The molecule has 1 aromatic heterocycles. The van der Waals surface area contributed by atoms with Gasteiger partial charge in [-0.3, -0.25) is 9.69 Å². The number of carbonyl (C=O) groups is 1. The van der Waals surface area contributed by atoms with Gasteiger partial charge in [0.15, 0.2) is 0 Å². The maximum Gasteiger partial charge on any atom is 0.254 e. The van der Waals surface area contributed by atoms with Crippen molar-refractivity contribution in [3.63, 3.8) is 0 Å². The first-order valence-electron chi connectivity index (χ1n) is 9.02. The number of hydrogen-bond acceptors (Lipinski definition) is 2. The lowest BCUT2D eigenvalue weighted by Crippen LogP contribution is -2.49. The molecule has 0 bridgehead atoms. The van der Waals surface area contributed by atoms with Gasteiger partial charge in [0, 0.05) is 50.0 Å². The van der Waals surface area contributed by atoms with Crippen molar-refractivity contribution in [3.8, 4) is 0 Å². The topological polar surface area (TPSA) is 39.3 Å². The molecule has 142 valence electrons. The molecule has 1 aliphatic rings. The fourth-order valence-electron chi connectivity index (χ4n) is 3.48. The van der Waals surface area contributed by atoms with E-state index in [1.807, 2.05) is 47.5 Å². The summed E-state index contributed by atoms with van der Waals surface area (Å²) in [6, 6.07) is 14.5. The maximum absolute atomic E-state index is 13.0. The van der Waals surface area contributed by atoms with Crippen molar-refractivity contribution in [3.05, 3.63) is 71.7 Å². The Morgan fingerprint density at radius 2 is 1.74 bits per heavy atom. The number of hydrogen-bond donors (Lipinski definition) is 1. The molecule has 1 aliphatic heterocycles. The molecule has 0 radical (unpaired) electrons. The Morgan fingerprint density at radius 3 is 2.48 bits per heavy atom. The summed E-state index contributed by atoms with van der Waals surface area (Å²) in [5, 5.41) is 1.12. The van der Waals surface area contributed by atoms with Gasteiger partial charge >= 0.3 is 0 Å². The summed E-state index contributed by atoms with van der Waals surface area (Å²) >= 11 is 0. The van der Waals surface area contributed by atoms with Crippen molar-refractivity contribution in [1.82, 2.24) is 14.8 Å². The number of aromatic amines is 1. The summed E-state index contributed by atoms with van der Waals surface area (Å²) in [6.07, 6.45) is 2.79. The third kappa shape index (κ3) is 4.49. The fourth-order valence-corrected chi connectivity index (χ4v) is 3.48. The number of amides is 1. The van der Waals surface area contributed by atoms with Crippen LogP contribution >= 0.6 is 12.4 Å². The van der Waals surface area contributed by atoms with Gasteiger partial charge in [-0.15, -0.1) is 12.4 Å². The van der Waals surface area contributed by atoms with Crippen LogP contribution in [0.25, 0.3) is 10.9 Å². The summed E-state index contributed by atoms with van der Waals surface area (Å²) in [5.41, 5.74) is 2.87. The average Bonchev–Trinajstić information content (AvgIpc) is 3.15. The monoisotopic (exact) mass is 387 g/mol. The Kier molecular flexibility index (Phi) is 6.14. The van der Waals surface area contributed by atoms with Crippen molar-refractivity contribution in [2.24, 2.45) is 0 Å². The fraction of sp³-hybridized carbons (Fsp3) is 0.286. The first-order valence-corrected chi connectivity index (χ1v) is 9.02. The van der Waals surface area contributed by atoms with Gasteiger partial charge in [-0.05, 0) is 47.7 Å². The molecule has 2 aromatic carbocycles. The minimum Gasteiger partial charge on any atom is -0.361 e. The van der Waals surface area contributed by atoms with Crippen LogP contribution in [0.2, 0.25) is 0 Å². The normalized spacial score (nSPS) is 14.9. The average molecular weight is 388 g/mol. The molecule has 1 N–H and O–H groups in total.